The monoisotopic (exact) mass is 348 g/mol. The number of nitrogens with one attached hydrogen (secondary N) is 1. The molecular weight excluding hydrogens is 328 g/mol. The number of benzene rings is 2. The van der Waals surface area contributed by atoms with Crippen LogP contribution in [-0.4, -0.2) is 23.7 Å². The van der Waals surface area contributed by atoms with Crippen molar-refractivity contribution in [2.24, 2.45) is 0 Å². The Kier molecular flexibility index (Phi) is 4.44. The van der Waals surface area contributed by atoms with Gasteiger partial charge in [0.15, 0.2) is 11.5 Å². The Balaban J connectivity index is 1.39. The minimum absolute atomic E-state index is 0.122. The topological polar surface area (TPSA) is 64.4 Å². The van der Waals surface area contributed by atoms with Gasteiger partial charge in [-0.15, -0.1) is 0 Å². The van der Waals surface area contributed by atoms with Crippen molar-refractivity contribution in [2.45, 2.75) is 25.3 Å². The van der Waals surface area contributed by atoms with E-state index in [1.807, 2.05) is 55.5 Å². The third-order valence-electron chi connectivity index (χ3n) is 4.51. The highest BCUT2D eigenvalue weighted by molar-refractivity contribution is 5.93. The highest BCUT2D eigenvalue weighted by Crippen LogP contribution is 2.41. The minimum Gasteiger partial charge on any atom is -0.494 e. The van der Waals surface area contributed by atoms with Crippen LogP contribution in [0.5, 0.6) is 5.75 Å². The number of hydrogen-bond acceptors (Lipinski definition) is 4. The van der Waals surface area contributed by atoms with Crippen molar-refractivity contribution in [3.05, 3.63) is 71.9 Å². The van der Waals surface area contributed by atoms with E-state index in [1.165, 1.54) is 5.56 Å². The predicted octanol–water partition coefficient (Wildman–Crippen LogP) is 4.03. The highest BCUT2D eigenvalue weighted by Gasteiger charge is 2.40. The molecule has 2 unspecified atom stereocenters. The van der Waals surface area contributed by atoms with Gasteiger partial charge in [0.1, 0.15) is 5.75 Å². The number of ether oxygens (including phenoxy) is 1. The molecule has 5 heteroatoms. The van der Waals surface area contributed by atoms with E-state index in [9.17, 15) is 4.79 Å². The quantitative estimate of drug-likeness (QED) is 0.730. The molecule has 0 radical (unpaired) electrons. The lowest BCUT2D eigenvalue weighted by Gasteiger charge is -2.06. The Morgan fingerprint density at radius 2 is 2.04 bits per heavy atom. The molecule has 1 aliphatic rings. The zero-order chi connectivity index (χ0) is 17.9. The molecule has 1 fully saturated rings. The first-order valence-electron chi connectivity index (χ1n) is 8.80. The standard InChI is InChI=1S/C21H20N2O3/c1-2-25-16-10-6-9-15(11-16)17-12-18(17)22-21(24)19-13-20(26-23-19)14-7-4-3-5-8-14/h3-11,13,17-18H,2,12H2,1H3,(H,22,24). The second-order valence-corrected chi connectivity index (χ2v) is 6.37. The fraction of sp³-hybridized carbons (Fsp3) is 0.238. The molecule has 1 N–H and O–H groups in total. The molecule has 2 atom stereocenters. The molecule has 0 saturated heterocycles. The van der Waals surface area contributed by atoms with Crippen molar-refractivity contribution in [3.63, 3.8) is 0 Å². The fourth-order valence-electron chi connectivity index (χ4n) is 3.09. The van der Waals surface area contributed by atoms with Gasteiger partial charge in [0.2, 0.25) is 0 Å². The van der Waals surface area contributed by atoms with Gasteiger partial charge in [-0.3, -0.25) is 4.79 Å². The van der Waals surface area contributed by atoms with Gasteiger partial charge in [0.05, 0.1) is 6.61 Å². The van der Waals surface area contributed by atoms with Crippen LogP contribution in [0.3, 0.4) is 0 Å². The number of carbonyl (C=O) groups is 1. The zero-order valence-electron chi connectivity index (χ0n) is 14.5. The van der Waals surface area contributed by atoms with E-state index in [2.05, 4.69) is 16.5 Å². The maximum absolute atomic E-state index is 12.4. The largest absolute Gasteiger partial charge is 0.494 e. The average molecular weight is 348 g/mol. The summed E-state index contributed by atoms with van der Waals surface area (Å²) < 4.78 is 10.8. The Bertz CT molecular complexity index is 904. The molecule has 132 valence electrons. The molecule has 4 rings (SSSR count). The number of hydrogen-bond donors (Lipinski definition) is 1. The lowest BCUT2D eigenvalue weighted by Crippen LogP contribution is -2.26. The highest BCUT2D eigenvalue weighted by atomic mass is 16.5. The van der Waals surface area contributed by atoms with E-state index in [0.717, 1.165) is 17.7 Å². The van der Waals surface area contributed by atoms with Gasteiger partial charge in [-0.1, -0.05) is 47.6 Å². The molecule has 5 nitrogen and oxygen atoms in total. The first-order valence-corrected chi connectivity index (χ1v) is 8.80. The van der Waals surface area contributed by atoms with E-state index >= 15 is 0 Å². The molecule has 0 bridgehead atoms. The average Bonchev–Trinajstić information content (AvgIpc) is 3.25. The van der Waals surface area contributed by atoms with Crippen LogP contribution >= 0.6 is 0 Å². The van der Waals surface area contributed by atoms with Crippen molar-refractivity contribution in [3.8, 4) is 17.1 Å². The van der Waals surface area contributed by atoms with Gasteiger partial charge < -0.3 is 14.6 Å². The van der Waals surface area contributed by atoms with Crippen molar-refractivity contribution >= 4 is 5.91 Å². The van der Waals surface area contributed by atoms with Gasteiger partial charge >= 0.3 is 0 Å². The Morgan fingerprint density at radius 3 is 2.85 bits per heavy atom. The van der Waals surface area contributed by atoms with Crippen LogP contribution in [0, 0.1) is 0 Å². The lowest BCUT2D eigenvalue weighted by atomic mass is 10.1. The van der Waals surface area contributed by atoms with Crippen LogP contribution < -0.4 is 10.1 Å². The first-order chi connectivity index (χ1) is 12.7. The third-order valence-corrected chi connectivity index (χ3v) is 4.51. The molecule has 2 aromatic carbocycles. The van der Waals surface area contributed by atoms with Crippen molar-refractivity contribution < 1.29 is 14.1 Å². The molecule has 0 spiro atoms. The van der Waals surface area contributed by atoms with Crippen molar-refractivity contribution in [1.29, 1.82) is 0 Å². The van der Waals surface area contributed by atoms with E-state index in [-0.39, 0.29) is 11.9 Å². The molecule has 26 heavy (non-hydrogen) atoms. The fourth-order valence-corrected chi connectivity index (χ4v) is 3.09. The third kappa shape index (κ3) is 3.47. The summed E-state index contributed by atoms with van der Waals surface area (Å²) in [4.78, 5) is 12.4. The SMILES string of the molecule is CCOc1cccc(C2CC2NC(=O)c2cc(-c3ccccc3)on2)c1. The van der Waals surface area contributed by atoms with Crippen molar-refractivity contribution in [2.75, 3.05) is 6.61 Å². The van der Waals surface area contributed by atoms with Crippen LogP contribution in [0.4, 0.5) is 0 Å². The summed E-state index contributed by atoms with van der Waals surface area (Å²) in [6.07, 6.45) is 0.921. The Morgan fingerprint density at radius 1 is 1.19 bits per heavy atom. The van der Waals surface area contributed by atoms with Crippen LogP contribution in [-0.2, 0) is 0 Å². The lowest BCUT2D eigenvalue weighted by molar-refractivity contribution is 0.0941. The Labute approximate surface area is 152 Å². The Hall–Kier alpha value is -3.08. The predicted molar refractivity (Wildman–Crippen MR) is 98.2 cm³/mol. The molecule has 1 saturated carbocycles. The minimum atomic E-state index is -0.204. The summed E-state index contributed by atoms with van der Waals surface area (Å²) in [5, 5.41) is 6.94. The molecule has 1 aromatic heterocycles. The molecule has 0 aliphatic heterocycles. The van der Waals surface area contributed by atoms with Gasteiger partial charge in [0, 0.05) is 23.6 Å². The van der Waals surface area contributed by atoms with Gasteiger partial charge in [-0.2, -0.15) is 0 Å². The summed E-state index contributed by atoms with van der Waals surface area (Å²) in [6, 6.07) is 19.5. The maximum Gasteiger partial charge on any atom is 0.273 e. The number of aromatic nitrogens is 1. The van der Waals surface area contributed by atoms with Crippen LogP contribution in [0.1, 0.15) is 35.3 Å². The van der Waals surface area contributed by atoms with Gasteiger partial charge in [0.25, 0.3) is 5.91 Å². The van der Waals surface area contributed by atoms with E-state index in [0.29, 0.717) is 24.0 Å². The van der Waals surface area contributed by atoms with E-state index in [4.69, 9.17) is 9.26 Å². The van der Waals surface area contributed by atoms with Gasteiger partial charge in [-0.05, 0) is 31.0 Å². The normalized spacial score (nSPS) is 18.3. The number of rotatable bonds is 6. The van der Waals surface area contributed by atoms with Crippen LogP contribution in [0.25, 0.3) is 11.3 Å². The first kappa shape index (κ1) is 16.4. The van der Waals surface area contributed by atoms with Crippen LogP contribution in [0.2, 0.25) is 0 Å². The van der Waals surface area contributed by atoms with Gasteiger partial charge in [-0.25, -0.2) is 0 Å². The number of carbonyl (C=O) groups excluding carboxylic acids is 1. The summed E-state index contributed by atoms with van der Waals surface area (Å²) >= 11 is 0. The summed E-state index contributed by atoms with van der Waals surface area (Å²) in [7, 11) is 0. The van der Waals surface area contributed by atoms with E-state index < -0.39 is 0 Å². The zero-order valence-corrected chi connectivity index (χ0v) is 14.5. The molecule has 1 heterocycles. The molecule has 1 amide bonds. The van der Waals surface area contributed by atoms with Crippen molar-refractivity contribution in [1.82, 2.24) is 10.5 Å². The van der Waals surface area contributed by atoms with E-state index in [1.54, 1.807) is 6.07 Å². The number of nitrogens with zero attached hydrogens (tertiary/aromatic N) is 1. The molecular formula is C21H20N2O3. The molecule has 3 aromatic rings. The smallest absolute Gasteiger partial charge is 0.273 e. The van der Waals surface area contributed by atoms with Crippen LogP contribution in [0.15, 0.2) is 65.2 Å². The number of amides is 1. The maximum atomic E-state index is 12.4. The summed E-state index contributed by atoms with van der Waals surface area (Å²) in [5.41, 5.74) is 2.39. The molecule has 1 aliphatic carbocycles. The summed E-state index contributed by atoms with van der Waals surface area (Å²) in [5.74, 6) is 1.57. The second kappa shape index (κ2) is 7.04. The summed E-state index contributed by atoms with van der Waals surface area (Å²) in [6.45, 7) is 2.61. The second-order valence-electron chi connectivity index (χ2n) is 6.37.